The van der Waals surface area contributed by atoms with Crippen LogP contribution in [0.25, 0.3) is 0 Å². The second-order valence-electron chi connectivity index (χ2n) is 5.22. The Morgan fingerprint density at radius 2 is 1.78 bits per heavy atom. The first-order valence-electron chi connectivity index (χ1n) is 7.08. The molecule has 102 valence electrons. The molecule has 0 spiro atoms. The molecule has 0 saturated carbocycles. The highest BCUT2D eigenvalue weighted by Crippen LogP contribution is 2.06. The zero-order valence-corrected chi connectivity index (χ0v) is 12.0. The molecular weight excluding hydrogens is 222 g/mol. The Labute approximate surface area is 112 Å². The summed E-state index contributed by atoms with van der Waals surface area (Å²) in [6.45, 7) is 10.3. The first kappa shape index (κ1) is 15.2. The average Bonchev–Trinajstić information content (AvgIpc) is 2.36. The van der Waals surface area contributed by atoms with Gasteiger partial charge in [0.05, 0.1) is 6.61 Å². The molecule has 0 bridgehead atoms. The largest absolute Gasteiger partial charge is 0.377 e. The van der Waals surface area contributed by atoms with Gasteiger partial charge in [0.25, 0.3) is 0 Å². The van der Waals surface area contributed by atoms with Crippen LogP contribution in [-0.2, 0) is 17.8 Å². The minimum atomic E-state index is 0.725. The van der Waals surface area contributed by atoms with Crippen LogP contribution in [0.2, 0.25) is 0 Å². The molecule has 2 heteroatoms. The van der Waals surface area contributed by atoms with Gasteiger partial charge >= 0.3 is 0 Å². The van der Waals surface area contributed by atoms with E-state index in [1.165, 1.54) is 11.1 Å². The van der Waals surface area contributed by atoms with Crippen molar-refractivity contribution in [1.29, 1.82) is 0 Å². The third-order valence-electron chi connectivity index (χ3n) is 2.78. The summed E-state index contributed by atoms with van der Waals surface area (Å²) < 4.78 is 5.52. The van der Waals surface area contributed by atoms with Crippen molar-refractivity contribution in [2.24, 2.45) is 5.92 Å². The summed E-state index contributed by atoms with van der Waals surface area (Å²) in [5.41, 5.74) is 2.66. The summed E-state index contributed by atoms with van der Waals surface area (Å²) in [4.78, 5) is 0. The molecule has 0 heterocycles. The van der Waals surface area contributed by atoms with E-state index in [0.29, 0.717) is 0 Å². The number of ether oxygens (including phenoxy) is 1. The number of hydrogen-bond donors (Lipinski definition) is 1. The highest BCUT2D eigenvalue weighted by atomic mass is 16.5. The SMILES string of the molecule is CCCOCc1ccc(CCNCC(C)C)cc1. The Morgan fingerprint density at radius 3 is 2.39 bits per heavy atom. The van der Waals surface area contributed by atoms with Crippen molar-refractivity contribution in [1.82, 2.24) is 5.32 Å². The number of nitrogens with one attached hydrogen (secondary N) is 1. The second kappa shape index (κ2) is 9.12. The van der Waals surface area contributed by atoms with E-state index in [1.54, 1.807) is 0 Å². The summed E-state index contributed by atoms with van der Waals surface area (Å²) >= 11 is 0. The zero-order valence-electron chi connectivity index (χ0n) is 12.0. The molecule has 0 fully saturated rings. The lowest BCUT2D eigenvalue weighted by Crippen LogP contribution is -2.22. The Hall–Kier alpha value is -0.860. The lowest BCUT2D eigenvalue weighted by molar-refractivity contribution is 0.121. The minimum absolute atomic E-state index is 0.725. The van der Waals surface area contributed by atoms with Crippen LogP contribution in [0.3, 0.4) is 0 Å². The molecule has 0 aromatic heterocycles. The van der Waals surface area contributed by atoms with E-state index in [0.717, 1.165) is 45.1 Å². The van der Waals surface area contributed by atoms with E-state index in [4.69, 9.17) is 4.74 Å². The molecule has 0 saturated heterocycles. The van der Waals surface area contributed by atoms with Gasteiger partial charge in [-0.3, -0.25) is 0 Å². The highest BCUT2D eigenvalue weighted by Gasteiger charge is 1.97. The van der Waals surface area contributed by atoms with Crippen molar-refractivity contribution in [3.8, 4) is 0 Å². The van der Waals surface area contributed by atoms with Crippen LogP contribution in [-0.4, -0.2) is 19.7 Å². The molecule has 1 N–H and O–H groups in total. The monoisotopic (exact) mass is 249 g/mol. The van der Waals surface area contributed by atoms with Gasteiger partial charge in [0.15, 0.2) is 0 Å². The van der Waals surface area contributed by atoms with Crippen LogP contribution >= 0.6 is 0 Å². The summed E-state index contributed by atoms with van der Waals surface area (Å²) in [7, 11) is 0. The van der Waals surface area contributed by atoms with Gasteiger partial charge in [-0.2, -0.15) is 0 Å². The Balaban J connectivity index is 2.23. The van der Waals surface area contributed by atoms with Gasteiger partial charge in [-0.1, -0.05) is 45.0 Å². The van der Waals surface area contributed by atoms with Gasteiger partial charge in [-0.25, -0.2) is 0 Å². The highest BCUT2D eigenvalue weighted by molar-refractivity contribution is 5.22. The predicted octanol–water partition coefficient (Wildman–Crippen LogP) is 3.40. The summed E-state index contributed by atoms with van der Waals surface area (Å²) in [5, 5.41) is 3.47. The smallest absolute Gasteiger partial charge is 0.0716 e. The molecule has 2 nitrogen and oxygen atoms in total. The average molecular weight is 249 g/mol. The van der Waals surface area contributed by atoms with Crippen LogP contribution in [0.15, 0.2) is 24.3 Å². The van der Waals surface area contributed by atoms with Gasteiger partial charge < -0.3 is 10.1 Å². The molecule has 1 aromatic carbocycles. The van der Waals surface area contributed by atoms with Gasteiger partial charge in [0.1, 0.15) is 0 Å². The number of benzene rings is 1. The molecule has 0 radical (unpaired) electrons. The first-order chi connectivity index (χ1) is 8.72. The molecular formula is C16H27NO. The predicted molar refractivity (Wildman–Crippen MR) is 77.8 cm³/mol. The zero-order chi connectivity index (χ0) is 13.2. The third-order valence-corrected chi connectivity index (χ3v) is 2.78. The topological polar surface area (TPSA) is 21.3 Å². The minimum Gasteiger partial charge on any atom is -0.377 e. The number of rotatable bonds is 9. The summed E-state index contributed by atoms with van der Waals surface area (Å²) in [6.07, 6.45) is 2.18. The van der Waals surface area contributed by atoms with E-state index in [2.05, 4.69) is 50.4 Å². The van der Waals surface area contributed by atoms with Crippen LogP contribution in [0.5, 0.6) is 0 Å². The van der Waals surface area contributed by atoms with Crippen molar-refractivity contribution in [2.75, 3.05) is 19.7 Å². The van der Waals surface area contributed by atoms with Crippen molar-refractivity contribution < 1.29 is 4.74 Å². The molecule has 1 rings (SSSR count). The fraction of sp³-hybridized carbons (Fsp3) is 0.625. The van der Waals surface area contributed by atoms with Crippen LogP contribution in [0.1, 0.15) is 38.3 Å². The maximum atomic E-state index is 5.52. The quantitative estimate of drug-likeness (QED) is 0.677. The Kier molecular flexibility index (Phi) is 7.70. The third kappa shape index (κ3) is 6.77. The Bertz CT molecular complexity index is 305. The van der Waals surface area contributed by atoms with E-state index in [1.807, 2.05) is 0 Å². The first-order valence-corrected chi connectivity index (χ1v) is 7.08. The van der Waals surface area contributed by atoms with Crippen molar-refractivity contribution in [3.05, 3.63) is 35.4 Å². The molecule has 0 aliphatic heterocycles. The maximum Gasteiger partial charge on any atom is 0.0716 e. The molecule has 0 aliphatic rings. The maximum absolute atomic E-state index is 5.52. The van der Waals surface area contributed by atoms with E-state index >= 15 is 0 Å². The van der Waals surface area contributed by atoms with Crippen LogP contribution in [0.4, 0.5) is 0 Å². The lowest BCUT2D eigenvalue weighted by Gasteiger charge is -2.08. The molecule has 1 aromatic rings. The summed E-state index contributed by atoms with van der Waals surface area (Å²) in [5.74, 6) is 0.725. The number of hydrogen-bond acceptors (Lipinski definition) is 2. The summed E-state index contributed by atoms with van der Waals surface area (Å²) in [6, 6.07) is 8.77. The van der Waals surface area contributed by atoms with Crippen molar-refractivity contribution in [2.45, 2.75) is 40.2 Å². The van der Waals surface area contributed by atoms with Gasteiger partial charge in [0, 0.05) is 6.61 Å². The second-order valence-corrected chi connectivity index (χ2v) is 5.22. The molecule has 0 aliphatic carbocycles. The van der Waals surface area contributed by atoms with E-state index < -0.39 is 0 Å². The fourth-order valence-electron chi connectivity index (χ4n) is 1.76. The fourth-order valence-corrected chi connectivity index (χ4v) is 1.76. The van der Waals surface area contributed by atoms with E-state index in [-0.39, 0.29) is 0 Å². The molecule has 0 atom stereocenters. The Morgan fingerprint density at radius 1 is 1.11 bits per heavy atom. The normalized spacial score (nSPS) is 11.1. The lowest BCUT2D eigenvalue weighted by atomic mass is 10.1. The van der Waals surface area contributed by atoms with Crippen LogP contribution in [0, 0.1) is 5.92 Å². The van der Waals surface area contributed by atoms with Crippen molar-refractivity contribution in [3.63, 3.8) is 0 Å². The van der Waals surface area contributed by atoms with Crippen LogP contribution < -0.4 is 5.32 Å². The molecule has 18 heavy (non-hydrogen) atoms. The van der Waals surface area contributed by atoms with Gasteiger partial charge in [0.2, 0.25) is 0 Å². The van der Waals surface area contributed by atoms with Gasteiger partial charge in [-0.15, -0.1) is 0 Å². The standard InChI is InChI=1S/C16H27NO/c1-4-11-18-13-16-7-5-15(6-8-16)9-10-17-12-14(2)3/h5-8,14,17H,4,9-13H2,1-3H3. The van der Waals surface area contributed by atoms with Crippen molar-refractivity contribution >= 4 is 0 Å². The van der Waals surface area contributed by atoms with E-state index in [9.17, 15) is 0 Å². The van der Waals surface area contributed by atoms with Gasteiger partial charge in [-0.05, 0) is 43.0 Å². The molecule has 0 unspecified atom stereocenters. The molecule has 0 amide bonds.